The van der Waals surface area contributed by atoms with Crippen molar-refractivity contribution in [1.29, 1.82) is 0 Å². The molecule has 0 fully saturated rings. The first-order chi connectivity index (χ1) is 10.5. The van der Waals surface area contributed by atoms with Gasteiger partial charge in [-0.1, -0.05) is 20.3 Å². The van der Waals surface area contributed by atoms with Gasteiger partial charge < -0.3 is 24.8 Å². The smallest absolute Gasteiger partial charge is 0.328 e. The molecule has 22 heavy (non-hydrogen) atoms. The summed E-state index contributed by atoms with van der Waals surface area (Å²) in [5.41, 5.74) is 0.550. The first-order valence-corrected chi connectivity index (χ1v) is 7.10. The van der Waals surface area contributed by atoms with Gasteiger partial charge in [-0.25, -0.2) is 9.59 Å². The zero-order valence-electron chi connectivity index (χ0n) is 12.8. The molecule has 0 saturated heterocycles. The van der Waals surface area contributed by atoms with Crippen LogP contribution in [0.5, 0.6) is 11.5 Å². The molecule has 120 valence electrons. The number of anilines is 1. The summed E-state index contributed by atoms with van der Waals surface area (Å²) >= 11 is 0. The molecular weight excluding hydrogens is 288 g/mol. The molecule has 2 atom stereocenters. The Morgan fingerprint density at radius 1 is 1.32 bits per heavy atom. The van der Waals surface area contributed by atoms with E-state index in [1.165, 1.54) is 7.11 Å². The zero-order chi connectivity index (χ0) is 16.1. The quantitative estimate of drug-likeness (QED) is 0.814. The van der Waals surface area contributed by atoms with Gasteiger partial charge in [0.2, 0.25) is 6.79 Å². The lowest BCUT2D eigenvalue weighted by Gasteiger charge is -2.22. The number of esters is 1. The van der Waals surface area contributed by atoms with Gasteiger partial charge in [0.15, 0.2) is 11.5 Å². The lowest BCUT2D eigenvalue weighted by atomic mass is 9.99. The molecule has 2 unspecified atom stereocenters. The largest absolute Gasteiger partial charge is 0.467 e. The van der Waals surface area contributed by atoms with Crippen LogP contribution in [0, 0.1) is 5.92 Å². The second kappa shape index (κ2) is 7.02. The van der Waals surface area contributed by atoms with Gasteiger partial charge in [0.25, 0.3) is 0 Å². The molecule has 1 aliphatic heterocycles. The predicted octanol–water partition coefficient (Wildman–Crippen LogP) is 2.12. The van der Waals surface area contributed by atoms with Crippen LogP contribution in [-0.4, -0.2) is 31.9 Å². The molecule has 0 bridgehead atoms. The van der Waals surface area contributed by atoms with E-state index in [0.29, 0.717) is 17.2 Å². The number of methoxy groups -OCH3 is 1. The average Bonchev–Trinajstić information content (AvgIpc) is 2.98. The van der Waals surface area contributed by atoms with Crippen LogP contribution >= 0.6 is 0 Å². The van der Waals surface area contributed by atoms with Crippen LogP contribution in [0.3, 0.4) is 0 Å². The van der Waals surface area contributed by atoms with E-state index in [9.17, 15) is 9.59 Å². The number of carbonyl (C=O) groups excluding carboxylic acids is 2. The molecule has 0 aliphatic carbocycles. The third-order valence-electron chi connectivity index (χ3n) is 3.59. The number of carbonyl (C=O) groups is 2. The Kier molecular flexibility index (Phi) is 5.08. The van der Waals surface area contributed by atoms with Gasteiger partial charge in [-0.15, -0.1) is 0 Å². The first-order valence-electron chi connectivity index (χ1n) is 7.10. The van der Waals surface area contributed by atoms with Crippen LogP contribution in [-0.2, 0) is 9.53 Å². The van der Waals surface area contributed by atoms with Gasteiger partial charge in [0, 0.05) is 11.8 Å². The molecule has 0 spiro atoms. The van der Waals surface area contributed by atoms with Crippen LogP contribution < -0.4 is 20.1 Å². The Hall–Kier alpha value is -2.44. The number of fused-ring (bicyclic) bond motifs is 1. The maximum Gasteiger partial charge on any atom is 0.328 e. The van der Waals surface area contributed by atoms with E-state index >= 15 is 0 Å². The molecular formula is C15H20N2O5. The minimum Gasteiger partial charge on any atom is -0.467 e. The van der Waals surface area contributed by atoms with E-state index in [2.05, 4.69) is 10.6 Å². The number of rotatable bonds is 5. The van der Waals surface area contributed by atoms with Gasteiger partial charge >= 0.3 is 12.0 Å². The molecule has 1 aliphatic rings. The van der Waals surface area contributed by atoms with E-state index in [1.54, 1.807) is 18.2 Å². The molecule has 2 amide bonds. The van der Waals surface area contributed by atoms with Crippen molar-refractivity contribution >= 4 is 17.7 Å². The summed E-state index contributed by atoms with van der Waals surface area (Å²) in [6, 6.07) is 3.91. The number of hydrogen-bond acceptors (Lipinski definition) is 5. The highest BCUT2D eigenvalue weighted by Gasteiger charge is 2.26. The molecule has 7 nitrogen and oxygen atoms in total. The van der Waals surface area contributed by atoms with Gasteiger partial charge in [0.05, 0.1) is 7.11 Å². The highest BCUT2D eigenvalue weighted by Crippen LogP contribution is 2.34. The topological polar surface area (TPSA) is 85.9 Å². The summed E-state index contributed by atoms with van der Waals surface area (Å²) in [5, 5.41) is 5.30. The predicted molar refractivity (Wildman–Crippen MR) is 80.0 cm³/mol. The van der Waals surface area contributed by atoms with Crippen molar-refractivity contribution in [3.63, 3.8) is 0 Å². The van der Waals surface area contributed by atoms with Crippen molar-refractivity contribution in [1.82, 2.24) is 5.32 Å². The average molecular weight is 308 g/mol. The van der Waals surface area contributed by atoms with Crippen molar-refractivity contribution < 1.29 is 23.8 Å². The third kappa shape index (κ3) is 3.60. The fraction of sp³-hybridized carbons (Fsp3) is 0.467. The standard InChI is InChI=1S/C15H20N2O5/c1-4-9(2)13(14(18)20-3)17-15(19)16-10-5-6-11-12(7-10)22-8-21-11/h5-7,9,13H,4,8H2,1-3H3,(H2,16,17,19). The van der Waals surface area contributed by atoms with Crippen LogP contribution in [0.2, 0.25) is 0 Å². The van der Waals surface area contributed by atoms with Crippen LogP contribution in [0.4, 0.5) is 10.5 Å². The summed E-state index contributed by atoms with van der Waals surface area (Å²) < 4.78 is 15.2. The molecule has 0 saturated carbocycles. The maximum atomic E-state index is 12.1. The fourth-order valence-electron chi connectivity index (χ4n) is 2.08. The molecule has 7 heteroatoms. The van der Waals surface area contributed by atoms with Crippen molar-refractivity contribution in [3.8, 4) is 11.5 Å². The minimum absolute atomic E-state index is 0.0325. The Bertz CT molecular complexity index is 561. The lowest BCUT2D eigenvalue weighted by molar-refractivity contribution is -0.144. The van der Waals surface area contributed by atoms with Crippen molar-refractivity contribution in [2.45, 2.75) is 26.3 Å². The summed E-state index contributed by atoms with van der Waals surface area (Å²) in [7, 11) is 1.30. The van der Waals surface area contributed by atoms with Crippen molar-refractivity contribution in [2.24, 2.45) is 5.92 Å². The number of benzene rings is 1. The van der Waals surface area contributed by atoms with Crippen molar-refractivity contribution in [2.75, 3.05) is 19.2 Å². The second-order valence-corrected chi connectivity index (χ2v) is 5.05. The summed E-state index contributed by atoms with van der Waals surface area (Å²) in [6.45, 7) is 3.99. The molecule has 1 aromatic carbocycles. The van der Waals surface area contributed by atoms with E-state index < -0.39 is 18.0 Å². The SMILES string of the molecule is CCC(C)C(NC(=O)Nc1ccc2c(c1)OCO2)C(=O)OC. The first kappa shape index (κ1) is 15.9. The third-order valence-corrected chi connectivity index (χ3v) is 3.59. The Morgan fingerprint density at radius 2 is 2.05 bits per heavy atom. The molecule has 0 aromatic heterocycles. The van der Waals surface area contributed by atoms with E-state index in [-0.39, 0.29) is 12.7 Å². The van der Waals surface area contributed by atoms with Gasteiger partial charge in [0.1, 0.15) is 6.04 Å². The second-order valence-electron chi connectivity index (χ2n) is 5.05. The van der Waals surface area contributed by atoms with E-state index in [4.69, 9.17) is 14.2 Å². The van der Waals surface area contributed by atoms with Gasteiger partial charge in [-0.3, -0.25) is 0 Å². The summed E-state index contributed by atoms with van der Waals surface area (Å²) in [6.07, 6.45) is 0.740. The molecule has 1 aromatic rings. The highest BCUT2D eigenvalue weighted by molar-refractivity contribution is 5.93. The fourth-order valence-corrected chi connectivity index (χ4v) is 2.08. The van der Waals surface area contributed by atoms with Crippen LogP contribution in [0.15, 0.2) is 18.2 Å². The van der Waals surface area contributed by atoms with Crippen molar-refractivity contribution in [3.05, 3.63) is 18.2 Å². The van der Waals surface area contributed by atoms with Crippen LogP contribution in [0.25, 0.3) is 0 Å². The Morgan fingerprint density at radius 3 is 2.73 bits per heavy atom. The lowest BCUT2D eigenvalue weighted by Crippen LogP contribution is -2.47. The molecule has 1 heterocycles. The monoisotopic (exact) mass is 308 g/mol. The number of amides is 2. The molecule has 2 N–H and O–H groups in total. The number of nitrogens with one attached hydrogen (secondary N) is 2. The summed E-state index contributed by atoms with van der Waals surface area (Å²) in [4.78, 5) is 23.8. The Balaban J connectivity index is 2.00. The number of urea groups is 1. The Labute approximate surface area is 128 Å². The zero-order valence-corrected chi connectivity index (χ0v) is 12.8. The number of hydrogen-bond donors (Lipinski definition) is 2. The maximum absolute atomic E-state index is 12.1. The molecule has 2 rings (SSSR count). The van der Waals surface area contributed by atoms with Gasteiger partial charge in [-0.2, -0.15) is 0 Å². The van der Waals surface area contributed by atoms with E-state index in [0.717, 1.165) is 6.42 Å². The highest BCUT2D eigenvalue weighted by atomic mass is 16.7. The minimum atomic E-state index is -0.691. The normalized spacial score (nSPS) is 14.9. The molecule has 0 radical (unpaired) electrons. The van der Waals surface area contributed by atoms with Gasteiger partial charge in [-0.05, 0) is 18.1 Å². The number of ether oxygens (including phenoxy) is 3. The van der Waals surface area contributed by atoms with E-state index in [1.807, 2.05) is 13.8 Å². The van der Waals surface area contributed by atoms with Crippen LogP contribution in [0.1, 0.15) is 20.3 Å². The summed E-state index contributed by atoms with van der Waals surface area (Å²) in [5.74, 6) is 0.715.